The fourth-order valence-electron chi connectivity index (χ4n) is 1.83. The number of carboxylic acid groups (broad SMARTS) is 1. The average molecular weight is 354 g/mol. The first-order valence-electron chi connectivity index (χ1n) is 6.42. The predicted octanol–water partition coefficient (Wildman–Crippen LogP) is 3.34. The van der Waals surface area contributed by atoms with Gasteiger partial charge in [0, 0.05) is 11.9 Å². The van der Waals surface area contributed by atoms with Crippen LogP contribution in [0, 0.1) is 12.3 Å². The number of amides is 1. The Balaban J connectivity index is 2.21. The van der Waals surface area contributed by atoms with Gasteiger partial charge in [0.2, 0.25) is 0 Å². The van der Waals surface area contributed by atoms with E-state index in [0.29, 0.717) is 5.58 Å². The van der Waals surface area contributed by atoms with Crippen molar-refractivity contribution in [2.45, 2.75) is 20.8 Å². The van der Waals surface area contributed by atoms with E-state index >= 15 is 0 Å². The minimum absolute atomic E-state index is 0.0262. The first kappa shape index (κ1) is 15.6. The van der Waals surface area contributed by atoms with Crippen molar-refractivity contribution in [2.75, 3.05) is 6.54 Å². The number of aryl methyl sites for hydroxylation is 1. The second-order valence-electron chi connectivity index (χ2n) is 5.65. The topological polar surface area (TPSA) is 79.5 Å². The molecule has 0 atom stereocenters. The third-order valence-electron chi connectivity index (χ3n) is 3.21. The van der Waals surface area contributed by atoms with Crippen molar-refractivity contribution < 1.29 is 19.1 Å². The molecule has 0 saturated carbocycles. The second kappa shape index (κ2) is 5.52. The summed E-state index contributed by atoms with van der Waals surface area (Å²) in [6, 6.07) is 5.47. The number of carbonyl (C=O) groups is 2. The molecule has 1 aromatic heterocycles. The third kappa shape index (κ3) is 3.26. The first-order chi connectivity index (χ1) is 9.70. The smallest absolute Gasteiger partial charge is 0.310 e. The second-order valence-corrected chi connectivity index (χ2v) is 6.50. The van der Waals surface area contributed by atoms with Crippen molar-refractivity contribution >= 4 is 38.8 Å². The summed E-state index contributed by atoms with van der Waals surface area (Å²) in [7, 11) is 0. The maximum Gasteiger partial charge on any atom is 0.310 e. The lowest BCUT2D eigenvalue weighted by atomic mass is 9.94. The Morgan fingerprint density at radius 2 is 2.00 bits per heavy atom. The number of nitrogens with one attached hydrogen (secondary N) is 1. The molecular formula is C15H16BrNO4. The largest absolute Gasteiger partial charge is 0.481 e. The Labute approximate surface area is 130 Å². The molecule has 0 unspecified atom stereocenters. The lowest BCUT2D eigenvalue weighted by Gasteiger charge is -2.18. The SMILES string of the molecule is Cc1cc(Br)c2oc(C(=O)NCC(C)(C)C(=O)O)cc2c1. The molecular weight excluding hydrogens is 338 g/mol. The van der Waals surface area contributed by atoms with Gasteiger partial charge in [-0.25, -0.2) is 0 Å². The molecule has 112 valence electrons. The number of hydrogen-bond donors (Lipinski definition) is 2. The van der Waals surface area contributed by atoms with Crippen LogP contribution in [0.4, 0.5) is 0 Å². The van der Waals surface area contributed by atoms with E-state index in [1.54, 1.807) is 19.9 Å². The van der Waals surface area contributed by atoms with Crippen molar-refractivity contribution in [1.29, 1.82) is 0 Å². The van der Waals surface area contributed by atoms with Gasteiger partial charge in [-0.2, -0.15) is 0 Å². The lowest BCUT2D eigenvalue weighted by molar-refractivity contribution is -0.146. The van der Waals surface area contributed by atoms with Gasteiger partial charge in [0.15, 0.2) is 5.76 Å². The summed E-state index contributed by atoms with van der Waals surface area (Å²) in [6.45, 7) is 5.08. The predicted molar refractivity (Wildman–Crippen MR) is 82.4 cm³/mol. The van der Waals surface area contributed by atoms with Gasteiger partial charge >= 0.3 is 5.97 Å². The molecule has 1 heterocycles. The highest BCUT2D eigenvalue weighted by atomic mass is 79.9. The average Bonchev–Trinajstić information content (AvgIpc) is 2.80. The Kier molecular flexibility index (Phi) is 4.09. The van der Waals surface area contributed by atoms with Crippen molar-refractivity contribution in [2.24, 2.45) is 5.41 Å². The maximum atomic E-state index is 12.1. The maximum absolute atomic E-state index is 12.1. The molecule has 0 aliphatic carbocycles. The molecule has 0 bridgehead atoms. The summed E-state index contributed by atoms with van der Waals surface area (Å²) in [5.74, 6) is -1.23. The summed E-state index contributed by atoms with van der Waals surface area (Å²) in [4.78, 5) is 23.1. The summed E-state index contributed by atoms with van der Waals surface area (Å²) in [5, 5.41) is 12.4. The van der Waals surface area contributed by atoms with Gasteiger partial charge in [-0.15, -0.1) is 0 Å². The number of rotatable bonds is 4. The molecule has 0 fully saturated rings. The van der Waals surface area contributed by atoms with Crippen LogP contribution in [0.25, 0.3) is 11.0 Å². The Bertz CT molecular complexity index is 718. The zero-order valence-corrected chi connectivity index (χ0v) is 13.6. The lowest BCUT2D eigenvalue weighted by Crippen LogP contribution is -2.38. The number of hydrogen-bond acceptors (Lipinski definition) is 3. The van der Waals surface area contributed by atoms with Crippen LogP contribution in [0.2, 0.25) is 0 Å². The Morgan fingerprint density at radius 3 is 2.62 bits per heavy atom. The van der Waals surface area contributed by atoms with Gasteiger partial charge < -0.3 is 14.8 Å². The molecule has 0 spiro atoms. The quantitative estimate of drug-likeness (QED) is 0.883. The Morgan fingerprint density at radius 1 is 1.33 bits per heavy atom. The molecule has 1 aromatic carbocycles. The van der Waals surface area contributed by atoms with Gasteiger partial charge in [0.05, 0.1) is 9.89 Å². The van der Waals surface area contributed by atoms with Crippen molar-refractivity contribution in [3.05, 3.63) is 34.0 Å². The van der Waals surface area contributed by atoms with Crippen LogP contribution in [-0.4, -0.2) is 23.5 Å². The highest BCUT2D eigenvalue weighted by Gasteiger charge is 2.28. The van der Waals surface area contributed by atoms with E-state index in [1.807, 2.05) is 19.1 Å². The van der Waals surface area contributed by atoms with Gasteiger partial charge in [0.25, 0.3) is 5.91 Å². The van der Waals surface area contributed by atoms with Gasteiger partial charge in [0.1, 0.15) is 5.58 Å². The molecule has 0 aliphatic heterocycles. The van der Waals surface area contributed by atoms with Crippen LogP contribution >= 0.6 is 15.9 Å². The molecule has 2 aromatic rings. The van der Waals surface area contributed by atoms with E-state index < -0.39 is 17.3 Å². The number of carboxylic acids is 1. The summed E-state index contributed by atoms with van der Waals surface area (Å²) >= 11 is 3.40. The molecule has 6 heteroatoms. The normalized spacial score (nSPS) is 11.6. The minimum Gasteiger partial charge on any atom is -0.481 e. The standard InChI is InChI=1S/C15H16BrNO4/c1-8-4-9-6-11(21-12(9)10(16)5-8)13(18)17-7-15(2,3)14(19)20/h4-6H,7H2,1-3H3,(H,17,18)(H,19,20). The fourth-order valence-corrected chi connectivity index (χ4v) is 2.50. The summed E-state index contributed by atoms with van der Waals surface area (Å²) < 4.78 is 6.31. The van der Waals surface area contributed by atoms with E-state index in [-0.39, 0.29) is 12.3 Å². The number of carbonyl (C=O) groups excluding carboxylic acids is 1. The van der Waals surface area contributed by atoms with Crippen LogP contribution < -0.4 is 5.32 Å². The number of furan rings is 1. The summed E-state index contributed by atoms with van der Waals surface area (Å²) in [6.07, 6.45) is 0. The van der Waals surface area contributed by atoms with Crippen molar-refractivity contribution in [1.82, 2.24) is 5.32 Å². The monoisotopic (exact) mass is 353 g/mol. The minimum atomic E-state index is -1.03. The zero-order chi connectivity index (χ0) is 15.8. The molecule has 21 heavy (non-hydrogen) atoms. The van der Waals surface area contributed by atoms with Crippen molar-refractivity contribution in [3.8, 4) is 0 Å². The van der Waals surface area contributed by atoms with E-state index in [2.05, 4.69) is 21.2 Å². The van der Waals surface area contributed by atoms with Crippen LogP contribution in [-0.2, 0) is 4.79 Å². The van der Waals surface area contributed by atoms with Gasteiger partial charge in [-0.05, 0) is 60.5 Å². The fraction of sp³-hybridized carbons (Fsp3) is 0.333. The van der Waals surface area contributed by atoms with E-state index in [4.69, 9.17) is 9.52 Å². The Hall–Kier alpha value is -1.82. The molecule has 2 rings (SSSR count). The highest BCUT2D eigenvalue weighted by Crippen LogP contribution is 2.28. The van der Waals surface area contributed by atoms with Gasteiger partial charge in [-0.3, -0.25) is 9.59 Å². The number of fused-ring (bicyclic) bond motifs is 1. The number of aliphatic carboxylic acids is 1. The van der Waals surface area contributed by atoms with E-state index in [1.165, 1.54) is 0 Å². The zero-order valence-electron chi connectivity index (χ0n) is 12.0. The molecule has 2 N–H and O–H groups in total. The van der Waals surface area contributed by atoms with Crippen LogP contribution in [0.1, 0.15) is 30.0 Å². The molecule has 0 radical (unpaired) electrons. The number of benzene rings is 1. The van der Waals surface area contributed by atoms with E-state index in [0.717, 1.165) is 15.4 Å². The third-order valence-corrected chi connectivity index (χ3v) is 3.80. The molecule has 0 saturated heterocycles. The van der Waals surface area contributed by atoms with Crippen LogP contribution in [0.5, 0.6) is 0 Å². The first-order valence-corrected chi connectivity index (χ1v) is 7.21. The van der Waals surface area contributed by atoms with Crippen molar-refractivity contribution in [3.63, 3.8) is 0 Å². The number of halogens is 1. The molecule has 5 nitrogen and oxygen atoms in total. The molecule has 0 aliphatic rings. The summed E-state index contributed by atoms with van der Waals surface area (Å²) in [5.41, 5.74) is 0.621. The van der Waals surface area contributed by atoms with Crippen LogP contribution in [0.15, 0.2) is 27.1 Å². The van der Waals surface area contributed by atoms with Crippen LogP contribution in [0.3, 0.4) is 0 Å². The van der Waals surface area contributed by atoms with E-state index in [9.17, 15) is 9.59 Å². The van der Waals surface area contributed by atoms with Gasteiger partial charge in [-0.1, -0.05) is 0 Å². The highest BCUT2D eigenvalue weighted by molar-refractivity contribution is 9.10. The molecule has 1 amide bonds.